The van der Waals surface area contributed by atoms with Crippen LogP contribution in [0.5, 0.6) is 0 Å². The Bertz CT molecular complexity index is 1180. The SMILES string of the molecule is N=C(N)SCc1cn(-c2ccccc2)nc1-c1cc2ccccc2oc1=O. The number of fused-ring (bicyclic) bond motifs is 1. The number of nitrogens with two attached hydrogens (primary N) is 1. The number of aromatic nitrogens is 2. The number of nitrogens with zero attached hydrogens (tertiary/aromatic N) is 2. The van der Waals surface area contributed by atoms with Crippen molar-refractivity contribution in [2.45, 2.75) is 5.75 Å². The number of hydrogen-bond acceptors (Lipinski definition) is 5. The molecule has 0 saturated heterocycles. The van der Waals surface area contributed by atoms with Gasteiger partial charge in [-0.15, -0.1) is 0 Å². The molecule has 0 saturated carbocycles. The molecule has 3 N–H and O–H groups in total. The van der Waals surface area contributed by atoms with Crippen molar-refractivity contribution >= 4 is 27.9 Å². The number of hydrogen-bond donors (Lipinski definition) is 2. The van der Waals surface area contributed by atoms with Gasteiger partial charge in [0.25, 0.3) is 0 Å². The first-order valence-corrected chi connectivity index (χ1v) is 9.24. The van der Waals surface area contributed by atoms with Gasteiger partial charge in [0.05, 0.1) is 11.3 Å². The van der Waals surface area contributed by atoms with Crippen molar-refractivity contribution in [2.24, 2.45) is 5.73 Å². The Morgan fingerprint density at radius 3 is 2.67 bits per heavy atom. The standard InChI is InChI=1S/C20H16N4O2S/c21-20(22)27-12-14-11-24(15-7-2-1-3-8-15)23-18(14)16-10-13-6-4-5-9-17(13)26-19(16)25/h1-11H,12H2,(H3,21,22). The van der Waals surface area contributed by atoms with Crippen LogP contribution in [0.25, 0.3) is 27.9 Å². The summed E-state index contributed by atoms with van der Waals surface area (Å²) in [5.41, 5.74) is 8.19. The number of rotatable bonds is 4. The van der Waals surface area contributed by atoms with Crippen molar-refractivity contribution in [3.8, 4) is 16.9 Å². The minimum absolute atomic E-state index is 0.0129. The summed E-state index contributed by atoms with van der Waals surface area (Å²) in [4.78, 5) is 12.6. The molecule has 6 nitrogen and oxygen atoms in total. The lowest BCUT2D eigenvalue weighted by Gasteiger charge is -2.03. The topological polar surface area (TPSA) is 97.9 Å². The number of para-hydroxylation sites is 2. The van der Waals surface area contributed by atoms with Crippen LogP contribution in [0.1, 0.15) is 5.56 Å². The fraction of sp³-hybridized carbons (Fsp3) is 0.0500. The molecule has 0 fully saturated rings. The molecule has 0 aliphatic heterocycles. The summed E-state index contributed by atoms with van der Waals surface area (Å²) >= 11 is 1.19. The number of thioether (sulfide) groups is 1. The van der Waals surface area contributed by atoms with Crippen molar-refractivity contribution in [3.05, 3.63) is 82.8 Å². The summed E-state index contributed by atoms with van der Waals surface area (Å²) in [6.45, 7) is 0. The molecule has 0 unspecified atom stereocenters. The van der Waals surface area contributed by atoms with Gasteiger partial charge in [0.15, 0.2) is 5.17 Å². The summed E-state index contributed by atoms with van der Waals surface area (Å²) in [6, 6.07) is 18.8. The maximum absolute atomic E-state index is 12.6. The molecule has 0 spiro atoms. The van der Waals surface area contributed by atoms with E-state index in [1.165, 1.54) is 11.8 Å². The van der Waals surface area contributed by atoms with Gasteiger partial charge in [-0.3, -0.25) is 5.41 Å². The molecule has 0 aliphatic rings. The van der Waals surface area contributed by atoms with Crippen molar-refractivity contribution < 1.29 is 4.42 Å². The highest BCUT2D eigenvalue weighted by atomic mass is 32.2. The van der Waals surface area contributed by atoms with Gasteiger partial charge in [-0.1, -0.05) is 48.2 Å². The zero-order valence-corrected chi connectivity index (χ0v) is 15.1. The number of nitrogens with one attached hydrogen (secondary N) is 1. The van der Waals surface area contributed by atoms with Gasteiger partial charge in [0, 0.05) is 22.9 Å². The Morgan fingerprint density at radius 2 is 1.89 bits per heavy atom. The largest absolute Gasteiger partial charge is 0.422 e. The summed E-state index contributed by atoms with van der Waals surface area (Å²) in [7, 11) is 0. The van der Waals surface area contributed by atoms with E-state index in [0.29, 0.717) is 22.6 Å². The normalized spacial score (nSPS) is 11.0. The smallest absolute Gasteiger partial charge is 0.345 e. The summed E-state index contributed by atoms with van der Waals surface area (Å²) in [6.07, 6.45) is 1.86. The molecule has 0 radical (unpaired) electrons. The van der Waals surface area contributed by atoms with E-state index in [2.05, 4.69) is 5.10 Å². The van der Waals surface area contributed by atoms with Crippen LogP contribution in [0.3, 0.4) is 0 Å². The second-order valence-electron chi connectivity index (χ2n) is 5.92. The fourth-order valence-electron chi connectivity index (χ4n) is 2.84. The van der Waals surface area contributed by atoms with Crippen molar-refractivity contribution in [2.75, 3.05) is 0 Å². The van der Waals surface area contributed by atoms with Gasteiger partial charge in [0.2, 0.25) is 0 Å². The molecule has 0 amide bonds. The van der Waals surface area contributed by atoms with Crippen LogP contribution in [-0.4, -0.2) is 14.9 Å². The van der Waals surface area contributed by atoms with Crippen LogP contribution in [0.2, 0.25) is 0 Å². The lowest BCUT2D eigenvalue weighted by Crippen LogP contribution is -2.06. The molecule has 0 atom stereocenters. The molecule has 4 aromatic rings. The predicted molar refractivity (Wildman–Crippen MR) is 108 cm³/mol. The molecule has 2 aromatic heterocycles. The van der Waals surface area contributed by atoms with Gasteiger partial charge in [0.1, 0.15) is 11.3 Å². The Morgan fingerprint density at radius 1 is 1.15 bits per heavy atom. The quantitative estimate of drug-likeness (QED) is 0.321. The first-order valence-electron chi connectivity index (χ1n) is 8.26. The van der Waals surface area contributed by atoms with Crippen LogP contribution >= 0.6 is 11.8 Å². The lowest BCUT2D eigenvalue weighted by atomic mass is 10.1. The molecule has 0 bridgehead atoms. The monoisotopic (exact) mass is 376 g/mol. The van der Waals surface area contributed by atoms with Crippen LogP contribution < -0.4 is 11.4 Å². The van der Waals surface area contributed by atoms with Crippen LogP contribution in [0, 0.1) is 5.41 Å². The second-order valence-corrected chi connectivity index (χ2v) is 6.94. The Labute approximate surface area is 159 Å². The van der Waals surface area contributed by atoms with E-state index in [1.807, 2.05) is 54.7 Å². The predicted octanol–water partition coefficient (Wildman–Crippen LogP) is 3.77. The van der Waals surface area contributed by atoms with Gasteiger partial charge < -0.3 is 10.2 Å². The number of amidine groups is 1. The molecule has 134 valence electrons. The maximum atomic E-state index is 12.6. The average Bonchev–Trinajstić information content (AvgIpc) is 3.10. The van der Waals surface area contributed by atoms with Gasteiger partial charge in [-0.05, 0) is 24.3 Å². The van der Waals surface area contributed by atoms with E-state index in [-0.39, 0.29) is 5.17 Å². The first-order chi connectivity index (χ1) is 13.1. The van der Waals surface area contributed by atoms with E-state index in [1.54, 1.807) is 16.8 Å². The Hall–Kier alpha value is -3.32. The van der Waals surface area contributed by atoms with E-state index < -0.39 is 5.63 Å². The highest BCUT2D eigenvalue weighted by molar-refractivity contribution is 8.13. The molecule has 0 aliphatic carbocycles. The third-order valence-corrected chi connectivity index (χ3v) is 4.86. The number of benzene rings is 2. The zero-order chi connectivity index (χ0) is 18.8. The molecular formula is C20H16N4O2S. The molecule has 27 heavy (non-hydrogen) atoms. The molecule has 2 heterocycles. The van der Waals surface area contributed by atoms with E-state index in [4.69, 9.17) is 15.6 Å². The average molecular weight is 376 g/mol. The van der Waals surface area contributed by atoms with Crippen molar-refractivity contribution in [1.29, 1.82) is 5.41 Å². The Balaban J connectivity index is 1.88. The van der Waals surface area contributed by atoms with E-state index in [9.17, 15) is 4.79 Å². The first kappa shape index (κ1) is 17.1. The van der Waals surface area contributed by atoms with E-state index in [0.717, 1.165) is 16.6 Å². The van der Waals surface area contributed by atoms with Gasteiger partial charge >= 0.3 is 5.63 Å². The lowest BCUT2D eigenvalue weighted by molar-refractivity contribution is 0.563. The maximum Gasteiger partial charge on any atom is 0.345 e. The van der Waals surface area contributed by atoms with Gasteiger partial charge in [-0.2, -0.15) is 5.10 Å². The zero-order valence-electron chi connectivity index (χ0n) is 14.3. The van der Waals surface area contributed by atoms with Gasteiger partial charge in [-0.25, -0.2) is 9.48 Å². The van der Waals surface area contributed by atoms with Crippen LogP contribution in [0.15, 0.2) is 76.1 Å². The minimum atomic E-state index is -0.443. The fourth-order valence-corrected chi connectivity index (χ4v) is 3.36. The molecular weight excluding hydrogens is 360 g/mol. The summed E-state index contributed by atoms with van der Waals surface area (Å²) < 4.78 is 7.19. The van der Waals surface area contributed by atoms with Crippen molar-refractivity contribution in [1.82, 2.24) is 9.78 Å². The highest BCUT2D eigenvalue weighted by Crippen LogP contribution is 2.27. The second kappa shape index (κ2) is 7.13. The molecule has 7 heteroatoms. The van der Waals surface area contributed by atoms with E-state index >= 15 is 0 Å². The Kier molecular flexibility index (Phi) is 4.52. The van der Waals surface area contributed by atoms with Crippen LogP contribution in [-0.2, 0) is 5.75 Å². The summed E-state index contributed by atoms with van der Waals surface area (Å²) in [5.74, 6) is 0.434. The minimum Gasteiger partial charge on any atom is -0.422 e. The summed E-state index contributed by atoms with van der Waals surface area (Å²) in [5, 5.41) is 12.9. The molecule has 4 rings (SSSR count). The third-order valence-electron chi connectivity index (χ3n) is 4.09. The molecule has 2 aromatic carbocycles. The third kappa shape index (κ3) is 3.50. The van der Waals surface area contributed by atoms with Crippen molar-refractivity contribution in [3.63, 3.8) is 0 Å². The van der Waals surface area contributed by atoms with Crippen LogP contribution in [0.4, 0.5) is 0 Å². The highest BCUT2D eigenvalue weighted by Gasteiger charge is 2.17.